The third kappa shape index (κ3) is 9.92. The molecule has 0 fully saturated rings. The Morgan fingerprint density at radius 3 is 1.40 bits per heavy atom. The summed E-state index contributed by atoms with van der Waals surface area (Å²) in [7, 11) is 0. The van der Waals surface area contributed by atoms with E-state index in [2.05, 4.69) is 9.97 Å². The smallest absolute Gasteiger partial charge is 0.0701 e. The minimum Gasteiger partial charge on any atom is -0.379 e. The molecule has 0 amide bonds. The number of aryl methyl sites for hydroxylation is 2. The van der Waals surface area contributed by atoms with Crippen LogP contribution in [0.3, 0.4) is 0 Å². The van der Waals surface area contributed by atoms with Crippen LogP contribution in [0.5, 0.6) is 0 Å². The lowest BCUT2D eigenvalue weighted by Gasteiger charge is -2.07. The van der Waals surface area contributed by atoms with Crippen molar-refractivity contribution in [2.75, 3.05) is 39.6 Å². The fourth-order valence-corrected chi connectivity index (χ4v) is 2.34. The number of ether oxygens (including phenoxy) is 3. The molecule has 0 aromatic carbocycles. The van der Waals surface area contributed by atoms with Crippen molar-refractivity contribution >= 4 is 0 Å². The fourth-order valence-electron chi connectivity index (χ4n) is 2.34. The topological polar surface area (TPSA) is 53.5 Å². The molecular weight excluding hydrogens is 316 g/mol. The lowest BCUT2D eigenvalue weighted by atomic mass is 10.2. The molecule has 0 atom stereocenters. The van der Waals surface area contributed by atoms with Crippen LogP contribution in [0.2, 0.25) is 0 Å². The highest BCUT2D eigenvalue weighted by molar-refractivity contribution is 5.03. The van der Waals surface area contributed by atoms with Gasteiger partial charge in [0.25, 0.3) is 0 Å². The van der Waals surface area contributed by atoms with Crippen molar-refractivity contribution in [3.05, 3.63) is 60.2 Å². The van der Waals surface area contributed by atoms with E-state index < -0.39 is 0 Å². The van der Waals surface area contributed by atoms with Gasteiger partial charge in [-0.3, -0.25) is 9.97 Å². The van der Waals surface area contributed by atoms with Crippen LogP contribution in [-0.2, 0) is 27.1 Å². The minimum absolute atomic E-state index is 0.612. The Bertz CT molecular complexity index is 488. The summed E-state index contributed by atoms with van der Waals surface area (Å²) in [5.74, 6) is 0. The summed E-state index contributed by atoms with van der Waals surface area (Å²) in [4.78, 5) is 8.57. The van der Waals surface area contributed by atoms with Crippen molar-refractivity contribution in [1.29, 1.82) is 0 Å². The number of hydrogen-bond donors (Lipinski definition) is 0. The Hall–Kier alpha value is -1.82. The molecule has 136 valence electrons. The molecule has 2 aromatic rings. The summed E-state index contributed by atoms with van der Waals surface area (Å²) in [5.41, 5.74) is 2.23. The highest BCUT2D eigenvalue weighted by Gasteiger charge is 1.96. The largest absolute Gasteiger partial charge is 0.379 e. The monoisotopic (exact) mass is 344 g/mol. The van der Waals surface area contributed by atoms with Crippen LogP contribution in [0, 0.1) is 0 Å². The second kappa shape index (κ2) is 13.5. The van der Waals surface area contributed by atoms with Crippen LogP contribution in [0.1, 0.15) is 24.2 Å². The molecule has 25 heavy (non-hydrogen) atoms. The van der Waals surface area contributed by atoms with Gasteiger partial charge in [-0.05, 0) is 49.9 Å². The maximum absolute atomic E-state index is 5.55. The first-order valence-electron chi connectivity index (χ1n) is 8.98. The molecule has 0 saturated carbocycles. The molecule has 2 aromatic heterocycles. The fraction of sp³-hybridized carbons (Fsp3) is 0.500. The van der Waals surface area contributed by atoms with Crippen LogP contribution in [-0.4, -0.2) is 49.6 Å². The molecule has 0 N–H and O–H groups in total. The first-order chi connectivity index (χ1) is 12.4. The van der Waals surface area contributed by atoms with Crippen LogP contribution in [0.4, 0.5) is 0 Å². The number of hydrogen-bond acceptors (Lipinski definition) is 5. The summed E-state index contributed by atoms with van der Waals surface area (Å²) in [6.45, 7) is 3.96. The van der Waals surface area contributed by atoms with Crippen molar-refractivity contribution in [2.45, 2.75) is 25.7 Å². The van der Waals surface area contributed by atoms with Gasteiger partial charge in [0, 0.05) is 37.0 Å². The predicted octanol–water partition coefficient (Wildman–Crippen LogP) is 3.09. The van der Waals surface area contributed by atoms with Crippen molar-refractivity contribution in [1.82, 2.24) is 9.97 Å². The van der Waals surface area contributed by atoms with E-state index in [1.165, 1.54) is 0 Å². The lowest BCUT2D eigenvalue weighted by molar-refractivity contribution is 0.0138. The van der Waals surface area contributed by atoms with Gasteiger partial charge in [0.15, 0.2) is 0 Å². The van der Waals surface area contributed by atoms with Crippen LogP contribution in [0.25, 0.3) is 0 Å². The Kier molecular flexibility index (Phi) is 10.5. The predicted molar refractivity (Wildman–Crippen MR) is 97.6 cm³/mol. The minimum atomic E-state index is 0.612. The molecule has 0 saturated heterocycles. The number of rotatable bonds is 14. The van der Waals surface area contributed by atoms with E-state index in [4.69, 9.17) is 14.2 Å². The first-order valence-corrected chi connectivity index (χ1v) is 8.98. The van der Waals surface area contributed by atoms with Gasteiger partial charge in [-0.25, -0.2) is 0 Å². The lowest BCUT2D eigenvalue weighted by Crippen LogP contribution is -2.10. The molecule has 0 aliphatic rings. The average molecular weight is 344 g/mol. The van der Waals surface area contributed by atoms with Gasteiger partial charge >= 0.3 is 0 Å². The van der Waals surface area contributed by atoms with Crippen molar-refractivity contribution < 1.29 is 14.2 Å². The molecule has 0 aliphatic carbocycles. The van der Waals surface area contributed by atoms with E-state index in [-0.39, 0.29) is 0 Å². The average Bonchev–Trinajstić information content (AvgIpc) is 2.67. The molecule has 5 nitrogen and oxygen atoms in total. The highest BCUT2D eigenvalue weighted by atomic mass is 16.5. The van der Waals surface area contributed by atoms with Gasteiger partial charge < -0.3 is 14.2 Å². The second-order valence-electron chi connectivity index (χ2n) is 5.69. The van der Waals surface area contributed by atoms with Gasteiger partial charge in [0.2, 0.25) is 0 Å². The van der Waals surface area contributed by atoms with E-state index in [9.17, 15) is 0 Å². The molecule has 0 unspecified atom stereocenters. The van der Waals surface area contributed by atoms with Crippen molar-refractivity contribution in [3.63, 3.8) is 0 Å². The van der Waals surface area contributed by atoms with Crippen molar-refractivity contribution in [3.8, 4) is 0 Å². The third-order valence-electron chi connectivity index (χ3n) is 3.64. The summed E-state index contributed by atoms with van der Waals surface area (Å²) >= 11 is 0. The van der Waals surface area contributed by atoms with E-state index in [1.54, 1.807) is 0 Å². The van der Waals surface area contributed by atoms with E-state index in [0.29, 0.717) is 26.4 Å². The molecular formula is C20H28N2O3. The Morgan fingerprint density at radius 2 is 1.00 bits per heavy atom. The molecule has 2 heterocycles. The van der Waals surface area contributed by atoms with Gasteiger partial charge in [0.1, 0.15) is 0 Å². The maximum Gasteiger partial charge on any atom is 0.0701 e. The van der Waals surface area contributed by atoms with Crippen LogP contribution in [0.15, 0.2) is 48.8 Å². The van der Waals surface area contributed by atoms with Gasteiger partial charge in [-0.1, -0.05) is 12.1 Å². The Labute approximate surface area is 150 Å². The zero-order chi connectivity index (χ0) is 17.4. The SMILES string of the molecule is c1ccc(CCCOCCOCCOCCCc2ccccn2)nc1. The highest BCUT2D eigenvalue weighted by Crippen LogP contribution is 1.99. The Morgan fingerprint density at radius 1 is 0.560 bits per heavy atom. The van der Waals surface area contributed by atoms with E-state index in [0.717, 1.165) is 50.3 Å². The zero-order valence-electron chi connectivity index (χ0n) is 14.8. The quantitative estimate of drug-likeness (QED) is 0.493. The maximum atomic E-state index is 5.55. The molecule has 5 heteroatoms. The summed E-state index contributed by atoms with van der Waals surface area (Å²) in [6.07, 6.45) is 7.52. The molecule has 0 bridgehead atoms. The van der Waals surface area contributed by atoms with Gasteiger partial charge in [0.05, 0.1) is 26.4 Å². The summed E-state index contributed by atoms with van der Waals surface area (Å²) in [6, 6.07) is 12.0. The zero-order valence-corrected chi connectivity index (χ0v) is 14.8. The molecule has 0 aliphatic heterocycles. The third-order valence-corrected chi connectivity index (χ3v) is 3.64. The summed E-state index contributed by atoms with van der Waals surface area (Å²) < 4.78 is 16.6. The summed E-state index contributed by atoms with van der Waals surface area (Å²) in [5, 5.41) is 0. The number of nitrogens with zero attached hydrogens (tertiary/aromatic N) is 2. The van der Waals surface area contributed by atoms with E-state index in [1.807, 2.05) is 48.8 Å². The standard InChI is InChI=1S/C20H28N2O3/c1-3-11-21-19(7-1)9-5-13-23-15-17-25-18-16-24-14-6-10-20-8-2-4-12-22-20/h1-4,7-8,11-12H,5-6,9-10,13-18H2. The van der Waals surface area contributed by atoms with Crippen LogP contribution < -0.4 is 0 Å². The number of pyridine rings is 2. The van der Waals surface area contributed by atoms with Crippen molar-refractivity contribution in [2.24, 2.45) is 0 Å². The van der Waals surface area contributed by atoms with Gasteiger partial charge in [-0.2, -0.15) is 0 Å². The van der Waals surface area contributed by atoms with Gasteiger partial charge in [-0.15, -0.1) is 0 Å². The Balaban J connectivity index is 1.30. The molecule has 0 spiro atoms. The van der Waals surface area contributed by atoms with Crippen LogP contribution >= 0.6 is 0 Å². The number of aromatic nitrogens is 2. The normalized spacial score (nSPS) is 10.9. The second-order valence-corrected chi connectivity index (χ2v) is 5.69. The molecule has 2 rings (SSSR count). The first kappa shape index (κ1) is 19.5. The van der Waals surface area contributed by atoms with E-state index >= 15 is 0 Å². The molecule has 0 radical (unpaired) electrons.